The SMILES string of the molecule is CN=C(NCCCS(=O)(=O)c1ccccc1)N(C)Cc1ccccc1OC. The lowest BCUT2D eigenvalue weighted by Gasteiger charge is -2.23. The van der Waals surface area contributed by atoms with Gasteiger partial charge in [-0.15, -0.1) is 0 Å². The molecule has 0 aliphatic heterocycles. The second-order valence-corrected chi connectivity index (χ2v) is 8.24. The third-order valence-electron chi connectivity index (χ3n) is 4.15. The highest BCUT2D eigenvalue weighted by molar-refractivity contribution is 7.91. The topological polar surface area (TPSA) is 71.0 Å². The molecule has 0 fully saturated rings. The van der Waals surface area contributed by atoms with Crippen molar-refractivity contribution < 1.29 is 13.2 Å². The summed E-state index contributed by atoms with van der Waals surface area (Å²) >= 11 is 0. The van der Waals surface area contributed by atoms with Crippen molar-refractivity contribution in [1.82, 2.24) is 10.2 Å². The number of rotatable bonds is 8. The van der Waals surface area contributed by atoms with Crippen LogP contribution in [0.25, 0.3) is 0 Å². The molecule has 0 atom stereocenters. The molecule has 2 aromatic rings. The third-order valence-corrected chi connectivity index (χ3v) is 5.97. The van der Waals surface area contributed by atoms with E-state index in [-0.39, 0.29) is 5.75 Å². The predicted molar refractivity (Wildman–Crippen MR) is 109 cm³/mol. The number of nitrogens with one attached hydrogen (secondary N) is 1. The fourth-order valence-electron chi connectivity index (χ4n) is 2.76. The van der Waals surface area contributed by atoms with Crippen LogP contribution in [0.2, 0.25) is 0 Å². The molecule has 0 aliphatic rings. The lowest BCUT2D eigenvalue weighted by atomic mass is 10.2. The molecule has 2 rings (SSSR count). The van der Waals surface area contributed by atoms with E-state index < -0.39 is 9.84 Å². The first kappa shape index (κ1) is 20.8. The maximum absolute atomic E-state index is 12.3. The van der Waals surface area contributed by atoms with Crippen LogP contribution in [0.15, 0.2) is 64.5 Å². The van der Waals surface area contributed by atoms with Gasteiger partial charge in [0.25, 0.3) is 0 Å². The number of guanidine groups is 1. The molecule has 0 aliphatic carbocycles. The standard InChI is InChI=1S/C20H27N3O3S/c1-21-20(23(2)16-17-10-7-8-13-19(17)26-3)22-14-9-15-27(24,25)18-11-5-4-6-12-18/h4-8,10-13H,9,14-16H2,1-3H3,(H,21,22). The Balaban J connectivity index is 1.86. The number of aliphatic imine (C=N–C) groups is 1. The quantitative estimate of drug-likeness (QED) is 0.427. The highest BCUT2D eigenvalue weighted by atomic mass is 32.2. The van der Waals surface area contributed by atoms with Crippen LogP contribution in [0.5, 0.6) is 5.75 Å². The van der Waals surface area contributed by atoms with Crippen LogP contribution >= 0.6 is 0 Å². The lowest BCUT2D eigenvalue weighted by Crippen LogP contribution is -2.39. The van der Waals surface area contributed by atoms with Crippen molar-refractivity contribution in [3.63, 3.8) is 0 Å². The Hall–Kier alpha value is -2.54. The van der Waals surface area contributed by atoms with Gasteiger partial charge in [-0.1, -0.05) is 36.4 Å². The van der Waals surface area contributed by atoms with E-state index in [1.165, 1.54) is 0 Å². The van der Waals surface area contributed by atoms with E-state index in [0.717, 1.165) is 11.3 Å². The van der Waals surface area contributed by atoms with Gasteiger partial charge in [-0.2, -0.15) is 0 Å². The number of benzene rings is 2. The molecule has 1 N–H and O–H groups in total. The van der Waals surface area contributed by atoms with Crippen molar-refractivity contribution in [2.24, 2.45) is 4.99 Å². The van der Waals surface area contributed by atoms with E-state index in [4.69, 9.17) is 4.74 Å². The number of hydrogen-bond acceptors (Lipinski definition) is 4. The first-order valence-corrected chi connectivity index (χ1v) is 10.4. The molecule has 0 unspecified atom stereocenters. The Morgan fingerprint density at radius 1 is 1.11 bits per heavy atom. The van der Waals surface area contributed by atoms with Gasteiger partial charge in [0.1, 0.15) is 5.75 Å². The van der Waals surface area contributed by atoms with Gasteiger partial charge in [0.05, 0.1) is 17.8 Å². The predicted octanol–water partition coefficient (Wildman–Crippen LogP) is 2.57. The lowest BCUT2D eigenvalue weighted by molar-refractivity contribution is 0.396. The summed E-state index contributed by atoms with van der Waals surface area (Å²) in [7, 11) is 2.04. The number of para-hydroxylation sites is 1. The summed E-state index contributed by atoms with van der Waals surface area (Å²) in [4.78, 5) is 6.61. The Bertz CT molecular complexity index is 852. The minimum Gasteiger partial charge on any atom is -0.496 e. The monoisotopic (exact) mass is 389 g/mol. The summed E-state index contributed by atoms with van der Waals surface area (Å²) in [6.07, 6.45) is 0.499. The number of methoxy groups -OCH3 is 1. The molecule has 0 amide bonds. The summed E-state index contributed by atoms with van der Waals surface area (Å²) in [5.41, 5.74) is 1.05. The van der Waals surface area contributed by atoms with Gasteiger partial charge in [0.15, 0.2) is 15.8 Å². The fraction of sp³-hybridized carbons (Fsp3) is 0.350. The molecule has 2 aromatic carbocycles. The minimum absolute atomic E-state index is 0.0945. The van der Waals surface area contributed by atoms with Crippen LogP contribution in [0.3, 0.4) is 0 Å². The van der Waals surface area contributed by atoms with Crippen LogP contribution in [0.1, 0.15) is 12.0 Å². The molecule has 0 aromatic heterocycles. The third kappa shape index (κ3) is 5.99. The minimum atomic E-state index is -3.25. The summed E-state index contributed by atoms with van der Waals surface area (Å²) in [6, 6.07) is 16.4. The van der Waals surface area contributed by atoms with E-state index in [9.17, 15) is 8.42 Å². The van der Waals surface area contributed by atoms with Gasteiger partial charge < -0.3 is 15.0 Å². The first-order chi connectivity index (χ1) is 13.0. The van der Waals surface area contributed by atoms with Gasteiger partial charge in [-0.05, 0) is 24.6 Å². The molecule has 146 valence electrons. The number of sulfone groups is 1. The zero-order chi connectivity index (χ0) is 19.7. The van der Waals surface area contributed by atoms with Crippen LogP contribution in [-0.4, -0.2) is 52.8 Å². The molecule has 0 spiro atoms. The molecular weight excluding hydrogens is 362 g/mol. The van der Waals surface area contributed by atoms with Crippen molar-refractivity contribution in [3.05, 3.63) is 60.2 Å². The number of nitrogens with zero attached hydrogens (tertiary/aromatic N) is 2. The van der Waals surface area contributed by atoms with Gasteiger partial charge in [-0.25, -0.2) is 8.42 Å². The zero-order valence-corrected chi connectivity index (χ0v) is 16.9. The molecule has 7 heteroatoms. The van der Waals surface area contributed by atoms with Crippen LogP contribution < -0.4 is 10.1 Å². The summed E-state index contributed by atoms with van der Waals surface area (Å²) in [6.45, 7) is 1.15. The Kier molecular flexibility index (Phi) is 7.67. The van der Waals surface area contributed by atoms with Crippen LogP contribution in [-0.2, 0) is 16.4 Å². The number of ether oxygens (including phenoxy) is 1. The molecule has 0 saturated carbocycles. The van der Waals surface area contributed by atoms with Crippen LogP contribution in [0.4, 0.5) is 0 Å². The summed E-state index contributed by atoms with van der Waals surface area (Å²) in [5, 5.41) is 3.22. The van der Waals surface area contributed by atoms with Crippen LogP contribution in [0, 0.1) is 0 Å². The van der Waals surface area contributed by atoms with Gasteiger partial charge in [0, 0.05) is 32.7 Å². The van der Waals surface area contributed by atoms with Crippen molar-refractivity contribution in [2.75, 3.05) is 33.5 Å². The normalized spacial score (nSPS) is 11.9. The molecule has 0 bridgehead atoms. The second-order valence-electron chi connectivity index (χ2n) is 6.13. The average molecular weight is 390 g/mol. The molecule has 0 saturated heterocycles. The van der Waals surface area contributed by atoms with Crippen molar-refractivity contribution in [2.45, 2.75) is 17.9 Å². The Morgan fingerprint density at radius 2 is 1.78 bits per heavy atom. The maximum Gasteiger partial charge on any atom is 0.193 e. The van der Waals surface area contributed by atoms with E-state index >= 15 is 0 Å². The summed E-state index contributed by atoms with van der Waals surface area (Å²) < 4.78 is 30.0. The average Bonchev–Trinajstić information content (AvgIpc) is 2.69. The van der Waals surface area contributed by atoms with E-state index in [1.807, 2.05) is 42.3 Å². The smallest absolute Gasteiger partial charge is 0.193 e. The van der Waals surface area contributed by atoms with E-state index in [1.54, 1.807) is 38.4 Å². The molecule has 6 nitrogen and oxygen atoms in total. The van der Waals surface area contributed by atoms with Crippen molar-refractivity contribution >= 4 is 15.8 Å². The van der Waals surface area contributed by atoms with Gasteiger partial charge in [0.2, 0.25) is 0 Å². The van der Waals surface area contributed by atoms with Gasteiger partial charge in [-0.3, -0.25) is 4.99 Å². The Labute approximate surface area is 161 Å². The molecule has 0 radical (unpaired) electrons. The highest BCUT2D eigenvalue weighted by Crippen LogP contribution is 2.18. The van der Waals surface area contributed by atoms with E-state index in [2.05, 4.69) is 10.3 Å². The fourth-order valence-corrected chi connectivity index (χ4v) is 4.09. The van der Waals surface area contributed by atoms with Crippen molar-refractivity contribution in [1.29, 1.82) is 0 Å². The highest BCUT2D eigenvalue weighted by Gasteiger charge is 2.14. The maximum atomic E-state index is 12.3. The summed E-state index contributed by atoms with van der Waals surface area (Å²) in [5.74, 6) is 1.63. The largest absolute Gasteiger partial charge is 0.496 e. The zero-order valence-electron chi connectivity index (χ0n) is 16.1. The van der Waals surface area contributed by atoms with Gasteiger partial charge >= 0.3 is 0 Å². The van der Waals surface area contributed by atoms with Crippen molar-refractivity contribution in [3.8, 4) is 5.75 Å². The number of hydrogen-bond donors (Lipinski definition) is 1. The molecule has 0 heterocycles. The molecule has 27 heavy (non-hydrogen) atoms. The van der Waals surface area contributed by atoms with E-state index in [0.29, 0.717) is 30.4 Å². The first-order valence-electron chi connectivity index (χ1n) is 8.79. The second kappa shape index (κ2) is 9.97. The molecular formula is C20H27N3O3S. The Morgan fingerprint density at radius 3 is 2.44 bits per heavy atom.